The summed E-state index contributed by atoms with van der Waals surface area (Å²) in [7, 11) is 5.33. The van der Waals surface area contributed by atoms with E-state index in [1.807, 2.05) is 62.3 Å². The Bertz CT molecular complexity index is 1050. The van der Waals surface area contributed by atoms with Crippen LogP contribution in [0.3, 0.4) is 0 Å². The number of ether oxygens (including phenoxy) is 1. The number of hydrogen-bond donors (Lipinski definition) is 2. The zero-order valence-electron chi connectivity index (χ0n) is 18.2. The lowest BCUT2D eigenvalue weighted by atomic mass is 10.1. The van der Waals surface area contributed by atoms with Crippen molar-refractivity contribution in [2.75, 3.05) is 31.4 Å². The topological polar surface area (TPSA) is 70.7 Å². The van der Waals surface area contributed by atoms with Crippen LogP contribution >= 0.6 is 0 Å². The van der Waals surface area contributed by atoms with Crippen LogP contribution in [0.4, 0.5) is 11.4 Å². The third-order valence-electron chi connectivity index (χ3n) is 4.98. The maximum Gasteiger partial charge on any atom is 0.255 e. The van der Waals surface area contributed by atoms with Gasteiger partial charge in [0.1, 0.15) is 5.75 Å². The summed E-state index contributed by atoms with van der Waals surface area (Å²) >= 11 is 0. The number of carbonyl (C=O) groups excluding carboxylic acids is 2. The molecule has 6 heteroatoms. The molecule has 3 aromatic rings. The van der Waals surface area contributed by atoms with Gasteiger partial charge in [0, 0.05) is 31.0 Å². The Morgan fingerprint density at radius 3 is 2.19 bits per heavy atom. The molecule has 0 heterocycles. The zero-order chi connectivity index (χ0) is 22.4. The van der Waals surface area contributed by atoms with Crippen molar-refractivity contribution in [1.29, 1.82) is 0 Å². The lowest BCUT2D eigenvalue weighted by Gasteiger charge is -2.20. The summed E-state index contributed by atoms with van der Waals surface area (Å²) in [6, 6.07) is 21.8. The molecule has 0 saturated carbocycles. The van der Waals surface area contributed by atoms with Crippen LogP contribution in [0, 0.1) is 0 Å². The molecule has 0 aromatic heterocycles. The standard InChI is InChI=1S/C25H27N3O3/c1-17(18-8-6-5-7-9-18)26-25(30)22-16-20(12-15-23(22)28(2)3)27-24(29)19-10-13-21(31-4)14-11-19/h5-17H,1-4H3,(H,26,30)(H,27,29). The molecule has 3 rings (SSSR count). The number of benzene rings is 3. The molecule has 3 aromatic carbocycles. The third kappa shape index (κ3) is 5.42. The normalized spacial score (nSPS) is 11.4. The predicted molar refractivity (Wildman–Crippen MR) is 124 cm³/mol. The summed E-state index contributed by atoms with van der Waals surface area (Å²) in [5.74, 6) is 0.211. The smallest absolute Gasteiger partial charge is 0.255 e. The fourth-order valence-corrected chi connectivity index (χ4v) is 3.23. The van der Waals surface area contributed by atoms with Gasteiger partial charge in [0.15, 0.2) is 0 Å². The van der Waals surface area contributed by atoms with Gasteiger partial charge in [-0.25, -0.2) is 0 Å². The van der Waals surface area contributed by atoms with Gasteiger partial charge in [-0.15, -0.1) is 0 Å². The number of anilines is 2. The Hall–Kier alpha value is -3.80. The van der Waals surface area contributed by atoms with Gasteiger partial charge >= 0.3 is 0 Å². The first-order chi connectivity index (χ1) is 14.9. The van der Waals surface area contributed by atoms with Crippen molar-refractivity contribution in [3.8, 4) is 5.75 Å². The van der Waals surface area contributed by atoms with Crippen LogP contribution in [0.25, 0.3) is 0 Å². The van der Waals surface area contributed by atoms with Gasteiger partial charge in [-0.05, 0) is 55.0 Å². The SMILES string of the molecule is COc1ccc(C(=O)Nc2ccc(N(C)C)c(C(=O)NC(C)c3ccccc3)c2)cc1. The number of hydrogen-bond acceptors (Lipinski definition) is 4. The van der Waals surface area contributed by atoms with E-state index in [9.17, 15) is 9.59 Å². The second kappa shape index (κ2) is 9.80. The molecule has 0 aliphatic carbocycles. The lowest BCUT2D eigenvalue weighted by molar-refractivity contribution is 0.0939. The summed E-state index contributed by atoms with van der Waals surface area (Å²) in [5, 5.41) is 5.90. The highest BCUT2D eigenvalue weighted by atomic mass is 16.5. The number of amides is 2. The van der Waals surface area contributed by atoms with Crippen molar-refractivity contribution in [3.05, 3.63) is 89.5 Å². The van der Waals surface area contributed by atoms with Crippen molar-refractivity contribution < 1.29 is 14.3 Å². The van der Waals surface area contributed by atoms with Crippen LogP contribution < -0.4 is 20.3 Å². The zero-order valence-corrected chi connectivity index (χ0v) is 18.2. The first kappa shape index (κ1) is 21.9. The van der Waals surface area contributed by atoms with Gasteiger partial charge in [-0.1, -0.05) is 30.3 Å². The summed E-state index contributed by atoms with van der Waals surface area (Å²) in [6.07, 6.45) is 0. The molecule has 0 radical (unpaired) electrons. The summed E-state index contributed by atoms with van der Waals surface area (Å²) in [4.78, 5) is 27.6. The number of methoxy groups -OCH3 is 1. The second-order valence-electron chi connectivity index (χ2n) is 7.41. The number of carbonyl (C=O) groups is 2. The molecule has 6 nitrogen and oxygen atoms in total. The molecule has 0 bridgehead atoms. The van der Waals surface area contributed by atoms with E-state index in [0.29, 0.717) is 22.6 Å². The number of nitrogens with one attached hydrogen (secondary N) is 2. The maximum atomic E-state index is 13.1. The molecule has 2 N–H and O–H groups in total. The fourth-order valence-electron chi connectivity index (χ4n) is 3.23. The molecule has 0 saturated heterocycles. The van der Waals surface area contributed by atoms with Gasteiger partial charge < -0.3 is 20.3 Å². The van der Waals surface area contributed by atoms with E-state index in [1.165, 1.54) is 0 Å². The van der Waals surface area contributed by atoms with Crippen molar-refractivity contribution in [3.63, 3.8) is 0 Å². The van der Waals surface area contributed by atoms with Crippen molar-refractivity contribution >= 4 is 23.2 Å². The van der Waals surface area contributed by atoms with E-state index in [2.05, 4.69) is 10.6 Å². The van der Waals surface area contributed by atoms with Crippen molar-refractivity contribution in [1.82, 2.24) is 5.32 Å². The predicted octanol–water partition coefficient (Wildman–Crippen LogP) is 4.50. The highest BCUT2D eigenvalue weighted by Gasteiger charge is 2.18. The Balaban J connectivity index is 1.81. The molecule has 2 amide bonds. The number of rotatable bonds is 7. The molecule has 160 valence electrons. The monoisotopic (exact) mass is 417 g/mol. The van der Waals surface area contributed by atoms with Crippen LogP contribution in [0.1, 0.15) is 39.2 Å². The molecule has 1 atom stereocenters. The van der Waals surface area contributed by atoms with Crippen LogP contribution in [-0.2, 0) is 0 Å². The molecular formula is C25H27N3O3. The minimum absolute atomic E-state index is 0.152. The van der Waals surface area contributed by atoms with Gasteiger partial charge in [0.2, 0.25) is 0 Å². The largest absolute Gasteiger partial charge is 0.497 e. The Morgan fingerprint density at radius 1 is 0.903 bits per heavy atom. The fraction of sp³-hybridized carbons (Fsp3) is 0.200. The average Bonchev–Trinajstić information content (AvgIpc) is 2.79. The Morgan fingerprint density at radius 2 is 1.58 bits per heavy atom. The van der Waals surface area contributed by atoms with Gasteiger partial charge in [-0.3, -0.25) is 9.59 Å². The minimum Gasteiger partial charge on any atom is -0.497 e. The van der Waals surface area contributed by atoms with Crippen LogP contribution in [0.2, 0.25) is 0 Å². The molecule has 0 spiro atoms. The average molecular weight is 418 g/mol. The van der Waals surface area contributed by atoms with E-state index in [4.69, 9.17) is 4.74 Å². The van der Waals surface area contributed by atoms with Crippen molar-refractivity contribution in [2.24, 2.45) is 0 Å². The Kier molecular flexibility index (Phi) is 6.92. The van der Waals surface area contributed by atoms with Gasteiger partial charge in [0.25, 0.3) is 11.8 Å². The molecular weight excluding hydrogens is 390 g/mol. The summed E-state index contributed by atoms with van der Waals surface area (Å²) in [6.45, 7) is 1.94. The second-order valence-corrected chi connectivity index (χ2v) is 7.41. The highest BCUT2D eigenvalue weighted by molar-refractivity contribution is 6.06. The lowest BCUT2D eigenvalue weighted by Crippen LogP contribution is -2.28. The molecule has 0 aliphatic heterocycles. The minimum atomic E-state index is -0.260. The van der Waals surface area contributed by atoms with Gasteiger partial charge in [-0.2, -0.15) is 0 Å². The first-order valence-electron chi connectivity index (χ1n) is 10.0. The summed E-state index contributed by atoms with van der Waals surface area (Å²) in [5.41, 5.74) is 3.32. The van der Waals surface area contributed by atoms with Crippen LogP contribution in [0.5, 0.6) is 5.75 Å². The third-order valence-corrected chi connectivity index (χ3v) is 4.98. The molecule has 0 aliphatic rings. The molecule has 1 unspecified atom stereocenters. The first-order valence-corrected chi connectivity index (χ1v) is 10.0. The van der Waals surface area contributed by atoms with Crippen LogP contribution in [-0.4, -0.2) is 33.0 Å². The van der Waals surface area contributed by atoms with E-state index >= 15 is 0 Å². The number of nitrogens with zero attached hydrogens (tertiary/aromatic N) is 1. The van der Waals surface area contributed by atoms with E-state index in [0.717, 1.165) is 11.3 Å². The van der Waals surface area contributed by atoms with E-state index in [1.54, 1.807) is 43.5 Å². The Labute approximate surface area is 182 Å². The van der Waals surface area contributed by atoms with Gasteiger partial charge in [0.05, 0.1) is 18.7 Å². The molecule has 31 heavy (non-hydrogen) atoms. The van der Waals surface area contributed by atoms with E-state index < -0.39 is 0 Å². The molecule has 0 fully saturated rings. The van der Waals surface area contributed by atoms with Crippen molar-refractivity contribution in [2.45, 2.75) is 13.0 Å². The maximum absolute atomic E-state index is 13.1. The highest BCUT2D eigenvalue weighted by Crippen LogP contribution is 2.25. The van der Waals surface area contributed by atoms with Crippen LogP contribution in [0.15, 0.2) is 72.8 Å². The van der Waals surface area contributed by atoms with E-state index in [-0.39, 0.29) is 17.9 Å². The quantitative estimate of drug-likeness (QED) is 0.594. The summed E-state index contributed by atoms with van der Waals surface area (Å²) < 4.78 is 5.13.